The molecular weight excluding hydrogens is 399 g/mol. The molecule has 2 fully saturated rings. The van der Waals surface area contributed by atoms with Crippen molar-refractivity contribution < 1.29 is 8.91 Å². The molecule has 2 atom stereocenters. The second kappa shape index (κ2) is 6.40. The van der Waals surface area contributed by atoms with E-state index in [-0.39, 0.29) is 5.82 Å². The van der Waals surface area contributed by atoms with Gasteiger partial charge in [0.25, 0.3) is 0 Å². The van der Waals surface area contributed by atoms with Crippen LogP contribution in [0.3, 0.4) is 0 Å². The van der Waals surface area contributed by atoms with Crippen molar-refractivity contribution in [2.75, 3.05) is 13.1 Å². The van der Waals surface area contributed by atoms with Crippen LogP contribution in [-0.2, 0) is 13.1 Å². The van der Waals surface area contributed by atoms with Crippen LogP contribution in [0.2, 0.25) is 0 Å². The molecule has 2 aromatic heterocycles. The van der Waals surface area contributed by atoms with Gasteiger partial charge >= 0.3 is 0 Å². The lowest BCUT2D eigenvalue weighted by Gasteiger charge is -2.33. The predicted octanol–water partition coefficient (Wildman–Crippen LogP) is 3.58. The molecule has 5 nitrogen and oxygen atoms in total. The average molecular weight is 417 g/mol. The summed E-state index contributed by atoms with van der Waals surface area (Å²) < 4.78 is 19.9. The summed E-state index contributed by atoms with van der Waals surface area (Å²) >= 11 is 3.43. The van der Waals surface area contributed by atoms with Crippen molar-refractivity contribution in [1.29, 1.82) is 0 Å². The lowest BCUT2D eigenvalue weighted by molar-refractivity contribution is 0.115. The number of likely N-dealkylation sites (tertiary alicyclic amines) is 2. The fourth-order valence-corrected chi connectivity index (χ4v) is 4.43. The summed E-state index contributed by atoms with van der Waals surface area (Å²) in [4.78, 5) is 9.44. The molecule has 2 bridgehead atoms. The smallest absolute Gasteiger partial charge is 0.167 e. The summed E-state index contributed by atoms with van der Waals surface area (Å²) in [6.07, 6.45) is 3.02. The van der Waals surface area contributed by atoms with Crippen molar-refractivity contribution in [1.82, 2.24) is 19.9 Å². The van der Waals surface area contributed by atoms with Gasteiger partial charge in [-0.3, -0.25) is 14.8 Å². The number of halogens is 2. The molecule has 3 aromatic rings. The Kier molecular flexibility index (Phi) is 4.03. The van der Waals surface area contributed by atoms with E-state index < -0.39 is 0 Å². The van der Waals surface area contributed by atoms with Crippen LogP contribution in [0.15, 0.2) is 45.5 Å². The first kappa shape index (κ1) is 16.4. The lowest BCUT2D eigenvalue weighted by atomic mass is 10.2. The van der Waals surface area contributed by atoms with Gasteiger partial charge in [0.2, 0.25) is 0 Å². The lowest BCUT2D eigenvalue weighted by Crippen LogP contribution is -2.45. The van der Waals surface area contributed by atoms with Crippen molar-refractivity contribution >= 4 is 26.9 Å². The summed E-state index contributed by atoms with van der Waals surface area (Å²) in [6, 6.07) is 9.73. The third kappa shape index (κ3) is 2.94. The van der Waals surface area contributed by atoms with Crippen molar-refractivity contribution in [2.24, 2.45) is 0 Å². The highest BCUT2D eigenvalue weighted by Crippen LogP contribution is 2.33. The Bertz CT molecular complexity index is 944. The highest BCUT2D eigenvalue weighted by Gasteiger charge is 2.43. The fourth-order valence-electron chi connectivity index (χ4n) is 4.19. The van der Waals surface area contributed by atoms with Crippen molar-refractivity contribution in [2.45, 2.75) is 31.6 Å². The molecule has 134 valence electrons. The first-order chi connectivity index (χ1) is 12.7. The molecular formula is C19H18BrFN4O. The third-order valence-corrected chi connectivity index (χ3v) is 5.95. The van der Waals surface area contributed by atoms with Crippen LogP contribution in [-0.4, -0.2) is 45.1 Å². The minimum atomic E-state index is -0.252. The zero-order chi connectivity index (χ0) is 17.7. The van der Waals surface area contributed by atoms with Crippen molar-refractivity contribution in [3.63, 3.8) is 0 Å². The van der Waals surface area contributed by atoms with Gasteiger partial charge in [0, 0.05) is 54.3 Å². The van der Waals surface area contributed by atoms with Crippen LogP contribution in [0.4, 0.5) is 4.39 Å². The number of pyridine rings is 1. The molecule has 2 aliphatic heterocycles. The quantitative estimate of drug-likeness (QED) is 0.650. The van der Waals surface area contributed by atoms with E-state index in [4.69, 9.17) is 4.52 Å². The fraction of sp³-hybridized carbons (Fsp3) is 0.368. The average Bonchev–Trinajstić information content (AvgIpc) is 3.32. The number of hydrogen-bond donors (Lipinski definition) is 0. The Morgan fingerprint density at radius 3 is 2.65 bits per heavy atom. The van der Waals surface area contributed by atoms with Gasteiger partial charge in [-0.2, -0.15) is 0 Å². The predicted molar refractivity (Wildman–Crippen MR) is 98.9 cm³/mol. The van der Waals surface area contributed by atoms with Gasteiger partial charge in [0.1, 0.15) is 11.5 Å². The van der Waals surface area contributed by atoms with E-state index in [0.29, 0.717) is 24.2 Å². The van der Waals surface area contributed by atoms with Gasteiger partial charge in [-0.25, -0.2) is 4.39 Å². The maximum absolute atomic E-state index is 13.5. The highest BCUT2D eigenvalue weighted by molar-refractivity contribution is 9.10. The van der Waals surface area contributed by atoms with Gasteiger partial charge < -0.3 is 4.52 Å². The number of rotatable bonds is 4. The molecule has 0 aliphatic carbocycles. The van der Waals surface area contributed by atoms with Crippen LogP contribution in [0, 0.1) is 5.82 Å². The van der Waals surface area contributed by atoms with Crippen molar-refractivity contribution in [3.05, 3.63) is 58.2 Å². The number of piperazine rings is 1. The topological polar surface area (TPSA) is 45.4 Å². The number of benzene rings is 1. The molecule has 5 rings (SSSR count). The first-order valence-electron chi connectivity index (χ1n) is 8.78. The Morgan fingerprint density at radius 1 is 1.12 bits per heavy atom. The maximum Gasteiger partial charge on any atom is 0.167 e. The van der Waals surface area contributed by atoms with Crippen LogP contribution in [0.25, 0.3) is 11.0 Å². The maximum atomic E-state index is 13.5. The molecule has 0 spiro atoms. The van der Waals surface area contributed by atoms with Crippen LogP contribution in [0.1, 0.15) is 17.8 Å². The summed E-state index contributed by atoms with van der Waals surface area (Å²) in [5, 5.41) is 4.95. The van der Waals surface area contributed by atoms with E-state index in [0.717, 1.165) is 40.9 Å². The monoisotopic (exact) mass is 416 g/mol. The number of fused-ring (bicyclic) bond motifs is 3. The molecule has 0 radical (unpaired) electrons. The standard InChI is InChI=1S/C19H18BrFN4O/c20-12-1-3-14(22-7-12)8-24-9-16-6-15(24)10-25(16)11-18-17-5-13(21)2-4-19(17)26-23-18/h1-5,7,15-16H,6,8-11H2. The minimum absolute atomic E-state index is 0.252. The normalized spacial score (nSPS) is 23.3. The van der Waals surface area contributed by atoms with E-state index in [1.54, 1.807) is 6.07 Å². The molecule has 7 heteroatoms. The Balaban J connectivity index is 1.27. The molecule has 26 heavy (non-hydrogen) atoms. The van der Waals surface area contributed by atoms with E-state index in [1.807, 2.05) is 12.3 Å². The molecule has 0 saturated carbocycles. The number of aromatic nitrogens is 2. The molecule has 0 amide bonds. The second-order valence-corrected chi connectivity index (χ2v) is 8.06. The second-order valence-electron chi connectivity index (χ2n) is 7.14. The van der Waals surface area contributed by atoms with Gasteiger partial charge in [0.05, 0.1) is 5.69 Å². The first-order valence-corrected chi connectivity index (χ1v) is 9.57. The summed E-state index contributed by atoms with van der Waals surface area (Å²) in [5.41, 5.74) is 2.58. The Morgan fingerprint density at radius 2 is 1.92 bits per heavy atom. The van der Waals surface area contributed by atoms with E-state index in [9.17, 15) is 4.39 Å². The number of hydrogen-bond acceptors (Lipinski definition) is 5. The zero-order valence-electron chi connectivity index (χ0n) is 14.1. The van der Waals surface area contributed by atoms with Gasteiger partial charge in [-0.1, -0.05) is 5.16 Å². The van der Waals surface area contributed by atoms with Gasteiger partial charge in [0.15, 0.2) is 5.58 Å². The zero-order valence-corrected chi connectivity index (χ0v) is 15.7. The SMILES string of the molecule is Fc1ccc2onc(CN3CC4CC3CN4Cc3ccc(Br)cn3)c2c1. The molecule has 0 N–H and O–H groups in total. The molecule has 2 unspecified atom stereocenters. The summed E-state index contributed by atoms with van der Waals surface area (Å²) in [6.45, 7) is 3.64. The Hall–Kier alpha value is -1.83. The summed E-state index contributed by atoms with van der Waals surface area (Å²) in [7, 11) is 0. The Labute approximate surface area is 158 Å². The van der Waals surface area contributed by atoms with Gasteiger partial charge in [-0.05, 0) is 52.7 Å². The molecule has 4 heterocycles. The van der Waals surface area contributed by atoms with E-state index >= 15 is 0 Å². The summed E-state index contributed by atoms with van der Waals surface area (Å²) in [5.74, 6) is -0.252. The van der Waals surface area contributed by atoms with E-state index in [2.05, 4.69) is 41.9 Å². The molecule has 1 aromatic carbocycles. The minimum Gasteiger partial charge on any atom is -0.356 e. The molecule has 2 aliphatic rings. The van der Waals surface area contributed by atoms with Crippen LogP contribution < -0.4 is 0 Å². The van der Waals surface area contributed by atoms with E-state index in [1.165, 1.54) is 18.6 Å². The number of nitrogens with zero attached hydrogens (tertiary/aromatic N) is 4. The third-order valence-electron chi connectivity index (χ3n) is 5.48. The highest BCUT2D eigenvalue weighted by atomic mass is 79.9. The van der Waals surface area contributed by atoms with Crippen LogP contribution in [0.5, 0.6) is 0 Å². The van der Waals surface area contributed by atoms with Crippen LogP contribution >= 0.6 is 15.9 Å². The van der Waals surface area contributed by atoms with Crippen molar-refractivity contribution in [3.8, 4) is 0 Å². The van der Waals surface area contributed by atoms with Gasteiger partial charge in [-0.15, -0.1) is 0 Å². The molecule has 2 saturated heterocycles. The largest absolute Gasteiger partial charge is 0.356 e.